The van der Waals surface area contributed by atoms with Gasteiger partial charge in [-0.25, -0.2) is 0 Å². The summed E-state index contributed by atoms with van der Waals surface area (Å²) in [7, 11) is 1.76. The molecule has 0 saturated heterocycles. The van der Waals surface area contributed by atoms with Crippen LogP contribution in [0.3, 0.4) is 0 Å². The third-order valence-electron chi connectivity index (χ3n) is 4.06. The van der Waals surface area contributed by atoms with Gasteiger partial charge in [0.1, 0.15) is 5.76 Å². The number of methoxy groups -OCH3 is 1. The highest BCUT2D eigenvalue weighted by Gasteiger charge is 2.31. The Bertz CT molecular complexity index is 447. The Labute approximate surface area is 156 Å². The Morgan fingerprint density at radius 2 is 2.22 bits per heavy atom. The van der Waals surface area contributed by atoms with Crippen LogP contribution < -0.4 is 10.6 Å². The van der Waals surface area contributed by atoms with E-state index in [-0.39, 0.29) is 24.0 Å². The highest BCUT2D eigenvalue weighted by atomic mass is 127. The van der Waals surface area contributed by atoms with E-state index in [9.17, 15) is 0 Å². The van der Waals surface area contributed by atoms with E-state index in [1.807, 2.05) is 12.1 Å². The fourth-order valence-electron chi connectivity index (χ4n) is 2.35. The maximum Gasteiger partial charge on any atom is 0.191 e. The third-order valence-corrected chi connectivity index (χ3v) is 4.06. The molecule has 2 rings (SSSR count). The molecule has 0 aromatic carbocycles. The Balaban J connectivity index is 0.00000264. The van der Waals surface area contributed by atoms with E-state index in [1.165, 1.54) is 12.8 Å². The molecule has 1 aromatic heterocycles. The zero-order valence-electron chi connectivity index (χ0n) is 14.4. The molecule has 6 heteroatoms. The van der Waals surface area contributed by atoms with E-state index in [2.05, 4.69) is 24.5 Å². The second-order valence-corrected chi connectivity index (χ2v) is 6.06. The number of nitrogens with one attached hydrogen (secondary N) is 2. The van der Waals surface area contributed by atoms with Gasteiger partial charge in [-0.15, -0.1) is 24.0 Å². The van der Waals surface area contributed by atoms with Gasteiger partial charge < -0.3 is 19.8 Å². The van der Waals surface area contributed by atoms with Crippen molar-refractivity contribution in [3.8, 4) is 0 Å². The average molecular weight is 435 g/mol. The molecule has 2 atom stereocenters. The highest BCUT2D eigenvalue weighted by molar-refractivity contribution is 14.0. The van der Waals surface area contributed by atoms with Crippen molar-refractivity contribution in [1.29, 1.82) is 0 Å². The number of rotatable bonds is 9. The fraction of sp³-hybridized carbons (Fsp3) is 0.706. The topological polar surface area (TPSA) is 58.8 Å². The van der Waals surface area contributed by atoms with Crippen molar-refractivity contribution in [2.45, 2.75) is 51.6 Å². The lowest BCUT2D eigenvalue weighted by Gasteiger charge is -2.23. The van der Waals surface area contributed by atoms with Crippen molar-refractivity contribution < 1.29 is 9.15 Å². The smallest absolute Gasteiger partial charge is 0.191 e. The van der Waals surface area contributed by atoms with Crippen molar-refractivity contribution >= 4 is 29.9 Å². The monoisotopic (exact) mass is 435 g/mol. The van der Waals surface area contributed by atoms with E-state index in [4.69, 9.17) is 14.1 Å². The molecule has 1 aliphatic rings. The number of furan rings is 1. The first-order chi connectivity index (χ1) is 10.7. The molecule has 2 N–H and O–H groups in total. The van der Waals surface area contributed by atoms with E-state index in [1.54, 1.807) is 13.4 Å². The maximum atomic E-state index is 5.36. The first-order valence-corrected chi connectivity index (χ1v) is 8.31. The van der Waals surface area contributed by atoms with Crippen molar-refractivity contribution in [2.24, 2.45) is 10.9 Å². The van der Waals surface area contributed by atoms with E-state index < -0.39 is 0 Å². The minimum absolute atomic E-state index is 0. The zero-order valence-corrected chi connectivity index (χ0v) is 16.7. The standard InChI is InChI=1S/C17H29N3O2.HI/c1-4-13(2)19-17(18-10-9-15-6-5-11-22-15)20-16(12-21-3)14-7-8-14;/h5-6,11,13-14,16H,4,7-10,12H2,1-3H3,(H2,18,19,20);1H. The molecular weight excluding hydrogens is 405 g/mol. The van der Waals surface area contributed by atoms with Gasteiger partial charge in [0.25, 0.3) is 0 Å². The lowest BCUT2D eigenvalue weighted by Crippen LogP contribution is -2.49. The van der Waals surface area contributed by atoms with Gasteiger partial charge in [0.15, 0.2) is 5.96 Å². The van der Waals surface area contributed by atoms with Crippen LogP contribution in [0.4, 0.5) is 0 Å². The van der Waals surface area contributed by atoms with Crippen LogP contribution >= 0.6 is 24.0 Å². The third kappa shape index (κ3) is 7.56. The molecule has 0 spiro atoms. The first-order valence-electron chi connectivity index (χ1n) is 8.31. The Kier molecular flexibility index (Phi) is 9.62. The molecule has 5 nitrogen and oxygen atoms in total. The number of halogens is 1. The number of nitrogens with zero attached hydrogens (tertiary/aromatic N) is 1. The quantitative estimate of drug-likeness (QED) is 0.356. The Morgan fingerprint density at radius 1 is 1.43 bits per heavy atom. The zero-order chi connectivity index (χ0) is 15.8. The van der Waals surface area contributed by atoms with Gasteiger partial charge in [-0.1, -0.05) is 6.92 Å². The van der Waals surface area contributed by atoms with Gasteiger partial charge in [-0.3, -0.25) is 4.99 Å². The van der Waals surface area contributed by atoms with Crippen molar-refractivity contribution in [3.05, 3.63) is 24.2 Å². The summed E-state index contributed by atoms with van der Waals surface area (Å²) in [5.41, 5.74) is 0. The molecule has 2 unspecified atom stereocenters. The summed E-state index contributed by atoms with van der Waals surface area (Å²) in [4.78, 5) is 4.70. The van der Waals surface area contributed by atoms with Crippen molar-refractivity contribution in [3.63, 3.8) is 0 Å². The van der Waals surface area contributed by atoms with Gasteiger partial charge >= 0.3 is 0 Å². The normalized spacial score (nSPS) is 17.3. The molecule has 1 fully saturated rings. The number of hydrogen-bond acceptors (Lipinski definition) is 3. The van der Waals surface area contributed by atoms with Crippen LogP contribution in [0.15, 0.2) is 27.8 Å². The second kappa shape index (κ2) is 10.9. The molecule has 1 aromatic rings. The predicted molar refractivity (Wildman–Crippen MR) is 105 cm³/mol. The lowest BCUT2D eigenvalue weighted by atomic mass is 10.2. The highest BCUT2D eigenvalue weighted by Crippen LogP contribution is 2.32. The minimum atomic E-state index is 0. The molecule has 132 valence electrons. The first kappa shape index (κ1) is 20.3. The summed E-state index contributed by atoms with van der Waals surface area (Å²) in [6, 6.07) is 4.65. The van der Waals surface area contributed by atoms with Gasteiger partial charge in [-0.05, 0) is 44.2 Å². The van der Waals surface area contributed by atoms with Crippen LogP contribution in [0.2, 0.25) is 0 Å². The summed E-state index contributed by atoms with van der Waals surface area (Å²) in [6.45, 7) is 5.78. The molecule has 23 heavy (non-hydrogen) atoms. The van der Waals surface area contributed by atoms with Gasteiger partial charge in [0.05, 0.1) is 18.9 Å². The molecule has 0 bridgehead atoms. The molecule has 1 aliphatic carbocycles. The van der Waals surface area contributed by atoms with E-state index >= 15 is 0 Å². The summed E-state index contributed by atoms with van der Waals surface area (Å²) in [5.74, 6) is 2.58. The summed E-state index contributed by atoms with van der Waals surface area (Å²) >= 11 is 0. The molecule has 1 saturated carbocycles. The molecule has 0 amide bonds. The number of aliphatic imine (C=N–C) groups is 1. The molecule has 0 radical (unpaired) electrons. The van der Waals surface area contributed by atoms with Gasteiger partial charge in [0, 0.05) is 26.1 Å². The van der Waals surface area contributed by atoms with E-state index in [0.29, 0.717) is 24.5 Å². The van der Waals surface area contributed by atoms with Crippen LogP contribution in [-0.2, 0) is 11.2 Å². The van der Waals surface area contributed by atoms with Gasteiger partial charge in [-0.2, -0.15) is 0 Å². The van der Waals surface area contributed by atoms with Crippen LogP contribution in [0, 0.1) is 5.92 Å². The number of hydrogen-bond donors (Lipinski definition) is 2. The minimum Gasteiger partial charge on any atom is -0.469 e. The van der Waals surface area contributed by atoms with E-state index in [0.717, 1.165) is 31.2 Å². The lowest BCUT2D eigenvalue weighted by molar-refractivity contribution is 0.165. The predicted octanol–water partition coefficient (Wildman–Crippen LogP) is 3.20. The van der Waals surface area contributed by atoms with Crippen molar-refractivity contribution in [1.82, 2.24) is 10.6 Å². The van der Waals surface area contributed by atoms with Gasteiger partial charge in [0.2, 0.25) is 0 Å². The van der Waals surface area contributed by atoms with Crippen LogP contribution in [0.25, 0.3) is 0 Å². The average Bonchev–Trinajstić information content (AvgIpc) is 3.23. The fourth-order valence-corrected chi connectivity index (χ4v) is 2.35. The van der Waals surface area contributed by atoms with Crippen LogP contribution in [-0.4, -0.2) is 38.3 Å². The number of guanidine groups is 1. The van der Waals surface area contributed by atoms with Crippen molar-refractivity contribution in [2.75, 3.05) is 20.3 Å². The molecule has 1 heterocycles. The molecule has 0 aliphatic heterocycles. The Morgan fingerprint density at radius 3 is 2.78 bits per heavy atom. The van der Waals surface area contributed by atoms with Crippen LogP contribution in [0.5, 0.6) is 0 Å². The second-order valence-electron chi connectivity index (χ2n) is 6.06. The summed E-state index contributed by atoms with van der Waals surface area (Å²) < 4.78 is 10.7. The molecular formula is C17H30IN3O2. The number of ether oxygens (including phenoxy) is 1. The summed E-state index contributed by atoms with van der Waals surface area (Å²) in [5, 5.41) is 7.02. The SMILES string of the molecule is CCC(C)NC(=NCCc1ccco1)NC(COC)C1CC1.I. The Hall–Kier alpha value is -0.760. The van der Waals surface area contributed by atoms with Crippen LogP contribution in [0.1, 0.15) is 38.9 Å². The largest absolute Gasteiger partial charge is 0.469 e. The summed E-state index contributed by atoms with van der Waals surface area (Å²) in [6.07, 6.45) is 6.15. The maximum absolute atomic E-state index is 5.36.